The molecule has 3 rings (SSSR count). The fourth-order valence-corrected chi connectivity index (χ4v) is 3.69. The summed E-state index contributed by atoms with van der Waals surface area (Å²) in [4.78, 5) is 25.3. The van der Waals surface area contributed by atoms with Gasteiger partial charge in [-0.25, -0.2) is 9.18 Å². The van der Waals surface area contributed by atoms with E-state index in [0.29, 0.717) is 26.2 Å². The minimum absolute atomic E-state index is 0.309. The van der Waals surface area contributed by atoms with Gasteiger partial charge < -0.3 is 9.84 Å². The van der Waals surface area contributed by atoms with Crippen LogP contribution in [-0.4, -0.2) is 27.4 Å². The van der Waals surface area contributed by atoms with Gasteiger partial charge in [0, 0.05) is 0 Å². The number of thioether (sulfide) groups is 1. The molecule has 1 amide bonds. The monoisotopic (exact) mass is 403 g/mol. The molecule has 1 fully saturated rings. The lowest BCUT2D eigenvalue weighted by Crippen LogP contribution is -2.27. The normalized spacial score (nSPS) is 16.7. The summed E-state index contributed by atoms with van der Waals surface area (Å²) in [6.07, 6.45) is 0.642. The molecule has 0 aliphatic carbocycles. The van der Waals surface area contributed by atoms with Gasteiger partial charge in [-0.2, -0.15) is 0 Å². The van der Waals surface area contributed by atoms with Crippen LogP contribution < -0.4 is 9.64 Å². The van der Waals surface area contributed by atoms with Crippen LogP contribution >= 0.6 is 24.0 Å². The molecular weight excluding hydrogens is 389 g/mol. The SMILES string of the molecule is CC(Oc1cccc(/C=C2/SC(=S)N(c3cccc(F)c3)C2=O)c1)C(=O)O. The smallest absolute Gasteiger partial charge is 0.344 e. The van der Waals surface area contributed by atoms with E-state index < -0.39 is 17.9 Å². The second-order valence-corrected chi connectivity index (χ2v) is 7.34. The van der Waals surface area contributed by atoms with Gasteiger partial charge in [0.15, 0.2) is 10.4 Å². The fourth-order valence-electron chi connectivity index (χ4n) is 2.39. The number of hydrogen-bond donors (Lipinski definition) is 1. The van der Waals surface area contributed by atoms with E-state index in [1.54, 1.807) is 36.4 Å². The van der Waals surface area contributed by atoms with Crippen LogP contribution in [0.5, 0.6) is 5.75 Å². The first-order valence-corrected chi connectivity index (χ1v) is 9.10. The molecule has 0 radical (unpaired) electrons. The highest BCUT2D eigenvalue weighted by Gasteiger charge is 2.33. The number of rotatable bonds is 5. The standard InChI is InChI=1S/C19H14FNO4S2/c1-11(18(23)24)25-15-7-2-4-12(8-15)9-16-17(22)21(19(26)27-16)14-6-3-5-13(20)10-14/h2-11H,1H3,(H,23,24)/b16-9+. The van der Waals surface area contributed by atoms with Crippen LogP contribution in [0, 0.1) is 5.82 Å². The van der Waals surface area contributed by atoms with Crippen molar-refractivity contribution in [3.05, 3.63) is 64.8 Å². The number of thiocarbonyl (C=S) groups is 1. The highest BCUT2D eigenvalue weighted by molar-refractivity contribution is 8.27. The maximum Gasteiger partial charge on any atom is 0.344 e. The number of benzene rings is 2. The summed E-state index contributed by atoms with van der Waals surface area (Å²) in [6, 6.07) is 12.4. The third-order valence-electron chi connectivity index (χ3n) is 3.68. The van der Waals surface area contributed by atoms with Crippen molar-refractivity contribution in [3.8, 4) is 5.75 Å². The number of aliphatic carboxylic acids is 1. The Morgan fingerprint density at radius 1 is 1.30 bits per heavy atom. The molecule has 138 valence electrons. The van der Waals surface area contributed by atoms with Crippen LogP contribution in [0.3, 0.4) is 0 Å². The molecule has 1 aliphatic rings. The second kappa shape index (κ2) is 7.89. The Kier molecular flexibility index (Phi) is 5.57. The van der Waals surface area contributed by atoms with E-state index in [4.69, 9.17) is 22.1 Å². The number of amides is 1. The van der Waals surface area contributed by atoms with E-state index in [1.165, 1.54) is 30.0 Å². The number of carbonyl (C=O) groups excluding carboxylic acids is 1. The van der Waals surface area contributed by atoms with Crippen molar-refractivity contribution in [2.45, 2.75) is 13.0 Å². The second-order valence-electron chi connectivity index (χ2n) is 5.67. The number of carboxylic acid groups (broad SMARTS) is 1. The molecule has 0 spiro atoms. The van der Waals surface area contributed by atoms with Crippen LogP contribution in [0.2, 0.25) is 0 Å². The van der Waals surface area contributed by atoms with E-state index >= 15 is 0 Å². The van der Waals surface area contributed by atoms with E-state index in [-0.39, 0.29) is 5.91 Å². The van der Waals surface area contributed by atoms with Crippen LogP contribution in [0.4, 0.5) is 10.1 Å². The average molecular weight is 403 g/mol. The number of carbonyl (C=O) groups is 2. The maximum atomic E-state index is 13.5. The molecule has 8 heteroatoms. The van der Waals surface area contributed by atoms with Crippen LogP contribution in [0.1, 0.15) is 12.5 Å². The summed E-state index contributed by atoms with van der Waals surface area (Å²) in [5, 5.41) is 8.93. The number of carboxylic acids is 1. The predicted molar refractivity (Wildman–Crippen MR) is 106 cm³/mol. The summed E-state index contributed by atoms with van der Waals surface area (Å²) in [5.41, 5.74) is 1.03. The molecule has 1 atom stereocenters. The van der Waals surface area contributed by atoms with Crippen LogP contribution in [-0.2, 0) is 9.59 Å². The highest BCUT2D eigenvalue weighted by Crippen LogP contribution is 2.36. The summed E-state index contributed by atoms with van der Waals surface area (Å²) >= 11 is 6.38. The average Bonchev–Trinajstić information content (AvgIpc) is 2.88. The number of anilines is 1. The molecule has 0 saturated carbocycles. The van der Waals surface area contributed by atoms with E-state index in [1.807, 2.05) is 0 Å². The van der Waals surface area contributed by atoms with Crippen molar-refractivity contribution < 1.29 is 23.8 Å². The number of nitrogens with zero attached hydrogens (tertiary/aromatic N) is 1. The van der Waals surface area contributed by atoms with Gasteiger partial charge in [0.25, 0.3) is 5.91 Å². The number of hydrogen-bond acceptors (Lipinski definition) is 5. The molecule has 1 heterocycles. The summed E-state index contributed by atoms with van der Waals surface area (Å²) in [7, 11) is 0. The van der Waals surface area contributed by atoms with E-state index in [2.05, 4.69) is 0 Å². The van der Waals surface area contributed by atoms with Crippen molar-refractivity contribution >= 4 is 51.9 Å². The van der Waals surface area contributed by atoms with Gasteiger partial charge in [0.2, 0.25) is 0 Å². The zero-order chi connectivity index (χ0) is 19.6. The lowest BCUT2D eigenvalue weighted by Gasteiger charge is -2.14. The van der Waals surface area contributed by atoms with Crippen molar-refractivity contribution in [2.24, 2.45) is 0 Å². The molecule has 2 aromatic rings. The van der Waals surface area contributed by atoms with Crippen molar-refractivity contribution in [3.63, 3.8) is 0 Å². The Bertz CT molecular complexity index is 960. The first kappa shape index (κ1) is 19.1. The van der Waals surface area contributed by atoms with Crippen molar-refractivity contribution in [1.29, 1.82) is 0 Å². The molecule has 0 aromatic heterocycles. The van der Waals surface area contributed by atoms with Crippen LogP contribution in [0.15, 0.2) is 53.4 Å². The maximum absolute atomic E-state index is 13.5. The Balaban J connectivity index is 1.85. The largest absolute Gasteiger partial charge is 0.479 e. The number of halogens is 1. The Morgan fingerprint density at radius 3 is 2.74 bits per heavy atom. The molecule has 1 saturated heterocycles. The van der Waals surface area contributed by atoms with E-state index in [0.717, 1.165) is 11.8 Å². The molecular formula is C19H14FNO4S2. The summed E-state index contributed by atoms with van der Waals surface area (Å²) in [6.45, 7) is 1.43. The summed E-state index contributed by atoms with van der Waals surface area (Å²) in [5.74, 6) is -1.50. The molecule has 0 bridgehead atoms. The van der Waals surface area contributed by atoms with Gasteiger partial charge in [-0.3, -0.25) is 9.69 Å². The first-order valence-electron chi connectivity index (χ1n) is 7.88. The lowest BCUT2D eigenvalue weighted by atomic mass is 10.2. The van der Waals surface area contributed by atoms with Gasteiger partial charge >= 0.3 is 5.97 Å². The van der Waals surface area contributed by atoms with E-state index in [9.17, 15) is 14.0 Å². The van der Waals surface area contributed by atoms with Gasteiger partial charge in [-0.1, -0.05) is 42.2 Å². The first-order chi connectivity index (χ1) is 12.8. The Hall–Kier alpha value is -2.71. The lowest BCUT2D eigenvalue weighted by molar-refractivity contribution is -0.144. The third kappa shape index (κ3) is 4.35. The van der Waals surface area contributed by atoms with Gasteiger partial charge in [-0.05, 0) is 48.9 Å². The number of ether oxygens (including phenoxy) is 1. The predicted octanol–water partition coefficient (Wildman–Crippen LogP) is 4.08. The van der Waals surface area contributed by atoms with Crippen molar-refractivity contribution in [1.82, 2.24) is 0 Å². The zero-order valence-electron chi connectivity index (χ0n) is 14.1. The van der Waals surface area contributed by atoms with Gasteiger partial charge in [0.1, 0.15) is 11.6 Å². The Labute approximate surface area is 164 Å². The third-order valence-corrected chi connectivity index (χ3v) is 4.98. The molecule has 27 heavy (non-hydrogen) atoms. The summed E-state index contributed by atoms with van der Waals surface area (Å²) < 4.78 is 19.1. The molecule has 1 aliphatic heterocycles. The topological polar surface area (TPSA) is 66.8 Å². The minimum Gasteiger partial charge on any atom is -0.479 e. The quantitative estimate of drug-likeness (QED) is 0.599. The fraction of sp³-hybridized carbons (Fsp3) is 0.105. The minimum atomic E-state index is -1.07. The van der Waals surface area contributed by atoms with Crippen LogP contribution in [0.25, 0.3) is 6.08 Å². The molecule has 1 unspecified atom stereocenters. The van der Waals surface area contributed by atoms with Crippen molar-refractivity contribution in [2.75, 3.05) is 4.90 Å². The molecule has 5 nitrogen and oxygen atoms in total. The van der Waals surface area contributed by atoms with Gasteiger partial charge in [0.05, 0.1) is 10.6 Å². The highest BCUT2D eigenvalue weighted by atomic mass is 32.2. The molecule has 2 aromatic carbocycles. The Morgan fingerprint density at radius 2 is 2.04 bits per heavy atom. The van der Waals surface area contributed by atoms with Gasteiger partial charge in [-0.15, -0.1) is 0 Å². The zero-order valence-corrected chi connectivity index (χ0v) is 15.7. The molecule has 1 N–H and O–H groups in total.